The molecular formula is C19H20O2. The minimum atomic E-state index is -0.121. The molecule has 0 saturated heterocycles. The van der Waals surface area contributed by atoms with E-state index in [0.717, 1.165) is 16.9 Å². The van der Waals surface area contributed by atoms with Crippen LogP contribution < -0.4 is 4.74 Å². The quantitative estimate of drug-likeness (QED) is 0.871. The Hall–Kier alpha value is -2.24. The summed E-state index contributed by atoms with van der Waals surface area (Å²) in [6.07, 6.45) is 0. The van der Waals surface area contributed by atoms with E-state index in [2.05, 4.69) is 43.9 Å². The van der Waals surface area contributed by atoms with Crippen LogP contribution in [0.25, 0.3) is 0 Å². The zero-order valence-corrected chi connectivity index (χ0v) is 12.7. The molecule has 0 aromatic heterocycles. The Bertz CT molecular complexity index is 670. The van der Waals surface area contributed by atoms with Crippen molar-refractivity contribution in [3.63, 3.8) is 0 Å². The number of aryl methyl sites for hydroxylation is 3. The van der Waals surface area contributed by atoms with Crippen molar-refractivity contribution in [1.82, 2.24) is 0 Å². The highest BCUT2D eigenvalue weighted by Crippen LogP contribution is 2.18. The van der Waals surface area contributed by atoms with Crippen LogP contribution in [0.5, 0.6) is 5.75 Å². The van der Waals surface area contributed by atoms with E-state index in [1.165, 1.54) is 16.7 Å². The summed E-state index contributed by atoms with van der Waals surface area (Å²) in [7, 11) is 0. The lowest BCUT2D eigenvalue weighted by Gasteiger charge is -2.09. The number of rotatable bonds is 3. The molecule has 0 saturated carbocycles. The second-order valence-electron chi connectivity index (χ2n) is 5.22. The monoisotopic (exact) mass is 280 g/mol. The zero-order valence-electron chi connectivity index (χ0n) is 12.7. The lowest BCUT2D eigenvalue weighted by molar-refractivity contribution is 0.306. The first-order chi connectivity index (χ1) is 10.1. The van der Waals surface area contributed by atoms with Gasteiger partial charge in [-0.3, -0.25) is 0 Å². The van der Waals surface area contributed by atoms with Crippen molar-refractivity contribution in [2.24, 2.45) is 0 Å². The Kier molecular flexibility index (Phi) is 5.03. The predicted octanol–water partition coefficient (Wildman–Crippen LogP) is 3.53. The third-order valence-electron chi connectivity index (χ3n) is 3.19. The highest BCUT2D eigenvalue weighted by molar-refractivity contribution is 5.44. The average molecular weight is 280 g/mol. The summed E-state index contributed by atoms with van der Waals surface area (Å²) in [5.74, 6) is 6.42. The van der Waals surface area contributed by atoms with Crippen LogP contribution in [0, 0.1) is 32.6 Å². The lowest BCUT2D eigenvalue weighted by atomic mass is 10.1. The van der Waals surface area contributed by atoms with Crippen molar-refractivity contribution in [2.75, 3.05) is 6.61 Å². The van der Waals surface area contributed by atoms with Gasteiger partial charge in [0.2, 0.25) is 0 Å². The van der Waals surface area contributed by atoms with E-state index in [4.69, 9.17) is 9.84 Å². The van der Waals surface area contributed by atoms with Gasteiger partial charge in [0.1, 0.15) is 19.0 Å². The molecule has 0 atom stereocenters. The van der Waals surface area contributed by atoms with Gasteiger partial charge >= 0.3 is 0 Å². The minimum Gasteiger partial charge on any atom is -0.489 e. The summed E-state index contributed by atoms with van der Waals surface area (Å²) in [6.45, 7) is 6.61. The van der Waals surface area contributed by atoms with E-state index in [9.17, 15) is 0 Å². The van der Waals surface area contributed by atoms with Crippen LogP contribution in [-0.2, 0) is 6.61 Å². The van der Waals surface area contributed by atoms with Gasteiger partial charge in [-0.1, -0.05) is 41.2 Å². The second kappa shape index (κ2) is 6.97. The first kappa shape index (κ1) is 15.2. The molecule has 0 spiro atoms. The summed E-state index contributed by atoms with van der Waals surface area (Å²) >= 11 is 0. The maximum atomic E-state index is 8.73. The molecule has 0 heterocycles. The topological polar surface area (TPSA) is 29.5 Å². The maximum Gasteiger partial charge on any atom is 0.120 e. The van der Waals surface area contributed by atoms with Gasteiger partial charge < -0.3 is 9.84 Å². The lowest BCUT2D eigenvalue weighted by Crippen LogP contribution is -1.97. The summed E-state index contributed by atoms with van der Waals surface area (Å²) in [6, 6.07) is 12.3. The van der Waals surface area contributed by atoms with Gasteiger partial charge in [0.15, 0.2) is 0 Å². The van der Waals surface area contributed by atoms with Gasteiger partial charge in [-0.25, -0.2) is 0 Å². The summed E-state index contributed by atoms with van der Waals surface area (Å²) in [5.41, 5.74) is 5.64. The number of benzene rings is 2. The summed E-state index contributed by atoms with van der Waals surface area (Å²) in [4.78, 5) is 0. The van der Waals surface area contributed by atoms with E-state index >= 15 is 0 Å². The number of hydrogen-bond acceptors (Lipinski definition) is 2. The van der Waals surface area contributed by atoms with E-state index < -0.39 is 0 Å². The van der Waals surface area contributed by atoms with Crippen LogP contribution in [0.3, 0.4) is 0 Å². The molecule has 2 aromatic rings. The minimum absolute atomic E-state index is 0.121. The van der Waals surface area contributed by atoms with Crippen LogP contribution >= 0.6 is 0 Å². The fraction of sp³-hybridized carbons (Fsp3) is 0.263. The Labute approximate surface area is 126 Å². The van der Waals surface area contributed by atoms with Crippen molar-refractivity contribution in [2.45, 2.75) is 27.4 Å². The van der Waals surface area contributed by atoms with E-state index in [0.29, 0.717) is 6.61 Å². The Morgan fingerprint density at radius 3 is 2.33 bits per heavy atom. The number of aliphatic hydroxyl groups is 1. The molecule has 108 valence electrons. The molecule has 0 fully saturated rings. The van der Waals surface area contributed by atoms with Crippen LogP contribution in [0.2, 0.25) is 0 Å². The molecule has 0 amide bonds. The maximum absolute atomic E-state index is 8.73. The normalized spacial score (nSPS) is 9.90. The molecule has 1 N–H and O–H groups in total. The molecule has 0 aliphatic heterocycles. The Morgan fingerprint density at radius 2 is 1.71 bits per heavy atom. The molecule has 2 rings (SSSR count). The second-order valence-corrected chi connectivity index (χ2v) is 5.22. The van der Waals surface area contributed by atoms with Crippen molar-refractivity contribution < 1.29 is 9.84 Å². The van der Waals surface area contributed by atoms with Crippen LogP contribution in [0.15, 0.2) is 36.4 Å². The third kappa shape index (κ3) is 4.37. The molecule has 21 heavy (non-hydrogen) atoms. The van der Waals surface area contributed by atoms with Crippen molar-refractivity contribution in [3.8, 4) is 17.6 Å². The third-order valence-corrected chi connectivity index (χ3v) is 3.19. The van der Waals surface area contributed by atoms with Gasteiger partial charge in [-0.05, 0) is 50.1 Å². The summed E-state index contributed by atoms with van der Waals surface area (Å²) in [5, 5.41) is 8.73. The molecular weight excluding hydrogens is 260 g/mol. The van der Waals surface area contributed by atoms with E-state index in [-0.39, 0.29) is 6.61 Å². The van der Waals surface area contributed by atoms with Gasteiger partial charge in [0.25, 0.3) is 0 Å². The van der Waals surface area contributed by atoms with E-state index in [1.54, 1.807) is 0 Å². The molecule has 0 aliphatic rings. The van der Waals surface area contributed by atoms with Gasteiger partial charge in [0.05, 0.1) is 0 Å². The Morgan fingerprint density at radius 1 is 1.00 bits per heavy atom. The average Bonchev–Trinajstić information content (AvgIpc) is 2.43. The molecule has 2 nitrogen and oxygen atoms in total. The van der Waals surface area contributed by atoms with Gasteiger partial charge in [-0.15, -0.1) is 0 Å². The van der Waals surface area contributed by atoms with Gasteiger partial charge in [0, 0.05) is 5.56 Å². The fourth-order valence-electron chi connectivity index (χ4n) is 2.32. The van der Waals surface area contributed by atoms with Crippen LogP contribution in [-0.4, -0.2) is 11.7 Å². The molecule has 0 radical (unpaired) electrons. The fourth-order valence-corrected chi connectivity index (χ4v) is 2.32. The zero-order chi connectivity index (χ0) is 15.2. The number of hydrogen-bond donors (Lipinski definition) is 1. The Balaban J connectivity index is 2.08. The van der Waals surface area contributed by atoms with Crippen LogP contribution in [0.4, 0.5) is 0 Å². The van der Waals surface area contributed by atoms with Crippen molar-refractivity contribution in [1.29, 1.82) is 0 Å². The van der Waals surface area contributed by atoms with Gasteiger partial charge in [-0.2, -0.15) is 0 Å². The number of ether oxygens (including phenoxy) is 1. The smallest absolute Gasteiger partial charge is 0.120 e. The van der Waals surface area contributed by atoms with Crippen LogP contribution in [0.1, 0.15) is 27.8 Å². The highest BCUT2D eigenvalue weighted by Gasteiger charge is 2.01. The van der Waals surface area contributed by atoms with Crippen molar-refractivity contribution in [3.05, 3.63) is 64.2 Å². The molecule has 0 unspecified atom stereocenters. The summed E-state index contributed by atoms with van der Waals surface area (Å²) < 4.78 is 5.84. The first-order valence-corrected chi connectivity index (χ1v) is 6.99. The van der Waals surface area contributed by atoms with E-state index in [1.807, 2.05) is 25.1 Å². The molecule has 0 aliphatic carbocycles. The predicted molar refractivity (Wildman–Crippen MR) is 85.4 cm³/mol. The first-order valence-electron chi connectivity index (χ1n) is 6.99. The molecule has 2 aromatic carbocycles. The largest absolute Gasteiger partial charge is 0.489 e. The SMILES string of the molecule is Cc1cc(C)cc(COc2ccc(C#CCO)c(C)c2)c1. The standard InChI is InChI=1S/C19H20O2/c1-14-9-15(2)11-17(10-14)13-21-19-7-6-18(5-4-8-20)16(3)12-19/h6-7,9-12,20H,8,13H2,1-3H3. The molecule has 0 bridgehead atoms. The number of aliphatic hydroxyl groups excluding tert-OH is 1. The highest BCUT2D eigenvalue weighted by atomic mass is 16.5. The van der Waals surface area contributed by atoms with Crippen molar-refractivity contribution >= 4 is 0 Å². The molecule has 2 heteroatoms.